The summed E-state index contributed by atoms with van der Waals surface area (Å²) in [5.74, 6) is 0.955. The summed E-state index contributed by atoms with van der Waals surface area (Å²) in [4.78, 5) is 0. The lowest BCUT2D eigenvalue weighted by Gasteiger charge is -2.16. The smallest absolute Gasteiger partial charge is 0.119 e. The molecule has 1 aliphatic rings. The Morgan fingerprint density at radius 3 is 2.79 bits per heavy atom. The van der Waals surface area contributed by atoms with Gasteiger partial charge in [-0.2, -0.15) is 0 Å². The summed E-state index contributed by atoms with van der Waals surface area (Å²) in [6, 6.07) is 3.80. The van der Waals surface area contributed by atoms with Crippen molar-refractivity contribution in [3.05, 3.63) is 28.8 Å². The van der Waals surface area contributed by atoms with Gasteiger partial charge in [0.1, 0.15) is 5.75 Å². The lowest BCUT2D eigenvalue weighted by Crippen LogP contribution is -2.09. The fourth-order valence-electron chi connectivity index (χ4n) is 2.24. The highest BCUT2D eigenvalue weighted by Gasteiger charge is 2.21. The minimum atomic E-state index is 0.460. The van der Waals surface area contributed by atoms with Crippen LogP contribution in [0.4, 0.5) is 0 Å². The summed E-state index contributed by atoms with van der Waals surface area (Å²) < 4.78 is 0. The van der Waals surface area contributed by atoms with E-state index in [-0.39, 0.29) is 0 Å². The van der Waals surface area contributed by atoms with Crippen LogP contribution < -0.4 is 5.32 Å². The molecule has 76 valence electrons. The molecule has 0 amide bonds. The van der Waals surface area contributed by atoms with Gasteiger partial charge in [0.25, 0.3) is 0 Å². The zero-order valence-electron chi connectivity index (χ0n) is 8.80. The highest BCUT2D eigenvalue weighted by molar-refractivity contribution is 5.45. The van der Waals surface area contributed by atoms with Crippen LogP contribution in [0.25, 0.3) is 0 Å². The number of nitrogens with one attached hydrogen (secondary N) is 1. The maximum absolute atomic E-state index is 9.85. The predicted molar refractivity (Wildman–Crippen MR) is 57.8 cm³/mol. The minimum absolute atomic E-state index is 0.460. The lowest BCUT2D eigenvalue weighted by atomic mass is 9.91. The number of aryl methyl sites for hydroxylation is 1. The van der Waals surface area contributed by atoms with E-state index in [1.54, 1.807) is 0 Å². The number of benzene rings is 1. The van der Waals surface area contributed by atoms with E-state index in [9.17, 15) is 5.11 Å². The van der Waals surface area contributed by atoms with E-state index < -0.39 is 0 Å². The third-order valence-corrected chi connectivity index (χ3v) is 3.23. The van der Waals surface area contributed by atoms with Crippen LogP contribution in [0.5, 0.6) is 5.75 Å². The Hall–Kier alpha value is -1.02. The molecule has 1 fully saturated rings. The summed E-state index contributed by atoms with van der Waals surface area (Å²) in [6.07, 6.45) is 1.14. The van der Waals surface area contributed by atoms with Gasteiger partial charge in [-0.15, -0.1) is 0 Å². The van der Waals surface area contributed by atoms with E-state index in [0.29, 0.717) is 11.7 Å². The summed E-state index contributed by atoms with van der Waals surface area (Å²) in [5.41, 5.74) is 3.67. The molecule has 14 heavy (non-hydrogen) atoms. The van der Waals surface area contributed by atoms with Crippen LogP contribution in [0.15, 0.2) is 12.1 Å². The molecule has 0 aliphatic carbocycles. The molecule has 2 nitrogen and oxygen atoms in total. The zero-order valence-corrected chi connectivity index (χ0v) is 8.80. The average Bonchev–Trinajstić information content (AvgIpc) is 2.65. The van der Waals surface area contributed by atoms with E-state index in [0.717, 1.165) is 25.1 Å². The summed E-state index contributed by atoms with van der Waals surface area (Å²) in [5, 5.41) is 13.2. The normalized spacial score (nSPS) is 21.4. The summed E-state index contributed by atoms with van der Waals surface area (Å²) in [7, 11) is 0. The molecule has 0 spiro atoms. The molecule has 1 unspecified atom stereocenters. The molecule has 2 N–H and O–H groups in total. The maximum atomic E-state index is 9.85. The van der Waals surface area contributed by atoms with Crippen molar-refractivity contribution < 1.29 is 5.11 Å². The standard InChI is InChI=1S/C12H17NO/c1-8-3-4-11(14)12(9(8)2)10-5-6-13-7-10/h3-4,10,13-14H,5-7H2,1-2H3. The van der Waals surface area contributed by atoms with Crippen molar-refractivity contribution in [1.29, 1.82) is 0 Å². The Kier molecular flexibility index (Phi) is 2.46. The monoisotopic (exact) mass is 191 g/mol. The van der Waals surface area contributed by atoms with Crippen molar-refractivity contribution in [1.82, 2.24) is 5.32 Å². The Bertz CT molecular complexity index is 340. The van der Waals surface area contributed by atoms with Crippen molar-refractivity contribution in [2.45, 2.75) is 26.2 Å². The number of hydrogen-bond donors (Lipinski definition) is 2. The van der Waals surface area contributed by atoms with Crippen molar-refractivity contribution in [3.63, 3.8) is 0 Å². The average molecular weight is 191 g/mol. The second kappa shape index (κ2) is 3.62. The Morgan fingerprint density at radius 2 is 2.14 bits per heavy atom. The first-order chi connectivity index (χ1) is 6.70. The van der Waals surface area contributed by atoms with Gasteiger partial charge in [-0.25, -0.2) is 0 Å². The molecule has 2 rings (SSSR count). The first kappa shape index (κ1) is 9.53. The van der Waals surface area contributed by atoms with Gasteiger partial charge in [-0.05, 0) is 44.0 Å². The van der Waals surface area contributed by atoms with Crippen molar-refractivity contribution in [2.75, 3.05) is 13.1 Å². The van der Waals surface area contributed by atoms with Gasteiger partial charge in [-0.3, -0.25) is 0 Å². The number of rotatable bonds is 1. The fourth-order valence-corrected chi connectivity index (χ4v) is 2.24. The third kappa shape index (κ3) is 1.50. The van der Waals surface area contributed by atoms with E-state index >= 15 is 0 Å². The Balaban J connectivity index is 2.44. The van der Waals surface area contributed by atoms with Crippen LogP contribution in [-0.2, 0) is 0 Å². The lowest BCUT2D eigenvalue weighted by molar-refractivity contribution is 0.461. The first-order valence-electron chi connectivity index (χ1n) is 5.20. The quantitative estimate of drug-likeness (QED) is 0.712. The molecule has 0 bridgehead atoms. The SMILES string of the molecule is Cc1ccc(O)c(C2CCNC2)c1C. The van der Waals surface area contributed by atoms with Crippen LogP contribution in [0, 0.1) is 13.8 Å². The molecule has 1 aromatic rings. The van der Waals surface area contributed by atoms with Crippen LogP contribution in [-0.4, -0.2) is 18.2 Å². The predicted octanol–water partition coefficient (Wildman–Crippen LogP) is 2.09. The second-order valence-corrected chi connectivity index (χ2v) is 4.13. The Labute approximate surface area is 85.0 Å². The molecule has 2 heteroatoms. The molecular weight excluding hydrogens is 174 g/mol. The largest absolute Gasteiger partial charge is 0.508 e. The Morgan fingerprint density at radius 1 is 1.36 bits per heavy atom. The second-order valence-electron chi connectivity index (χ2n) is 4.13. The highest BCUT2D eigenvalue weighted by atomic mass is 16.3. The van der Waals surface area contributed by atoms with E-state index in [1.165, 1.54) is 11.1 Å². The van der Waals surface area contributed by atoms with Crippen molar-refractivity contribution in [3.8, 4) is 5.75 Å². The third-order valence-electron chi connectivity index (χ3n) is 3.23. The summed E-state index contributed by atoms with van der Waals surface area (Å²) >= 11 is 0. The van der Waals surface area contributed by atoms with Gasteiger partial charge < -0.3 is 10.4 Å². The van der Waals surface area contributed by atoms with Crippen LogP contribution in [0.1, 0.15) is 29.0 Å². The molecule has 0 aromatic heterocycles. The van der Waals surface area contributed by atoms with Gasteiger partial charge in [-0.1, -0.05) is 6.07 Å². The summed E-state index contributed by atoms with van der Waals surface area (Å²) in [6.45, 7) is 6.26. The number of phenols is 1. The van der Waals surface area contributed by atoms with Crippen molar-refractivity contribution >= 4 is 0 Å². The van der Waals surface area contributed by atoms with Crippen molar-refractivity contribution in [2.24, 2.45) is 0 Å². The van der Waals surface area contributed by atoms with Gasteiger partial charge >= 0.3 is 0 Å². The van der Waals surface area contributed by atoms with Gasteiger partial charge in [0.05, 0.1) is 0 Å². The topological polar surface area (TPSA) is 32.3 Å². The van der Waals surface area contributed by atoms with Gasteiger partial charge in [0.15, 0.2) is 0 Å². The van der Waals surface area contributed by atoms with Gasteiger partial charge in [0.2, 0.25) is 0 Å². The fraction of sp³-hybridized carbons (Fsp3) is 0.500. The number of phenolic OH excluding ortho intramolecular Hbond substituents is 1. The van der Waals surface area contributed by atoms with Gasteiger partial charge in [0, 0.05) is 18.0 Å². The molecule has 1 aromatic carbocycles. The highest BCUT2D eigenvalue weighted by Crippen LogP contribution is 2.33. The first-order valence-corrected chi connectivity index (χ1v) is 5.20. The van der Waals surface area contributed by atoms with Crippen LogP contribution in [0.3, 0.4) is 0 Å². The van der Waals surface area contributed by atoms with E-state index in [2.05, 4.69) is 19.2 Å². The molecule has 1 atom stereocenters. The molecule has 1 aliphatic heterocycles. The molecule has 0 radical (unpaired) electrons. The van der Waals surface area contributed by atoms with Crippen LogP contribution in [0.2, 0.25) is 0 Å². The molecular formula is C12H17NO. The minimum Gasteiger partial charge on any atom is -0.508 e. The molecule has 1 heterocycles. The van der Waals surface area contributed by atoms with E-state index in [1.807, 2.05) is 12.1 Å². The number of hydrogen-bond acceptors (Lipinski definition) is 2. The number of aromatic hydroxyl groups is 1. The zero-order chi connectivity index (χ0) is 10.1. The molecule has 0 saturated carbocycles. The van der Waals surface area contributed by atoms with Crippen LogP contribution >= 0.6 is 0 Å². The molecule has 1 saturated heterocycles. The maximum Gasteiger partial charge on any atom is 0.119 e. The van der Waals surface area contributed by atoms with E-state index in [4.69, 9.17) is 0 Å².